The maximum absolute atomic E-state index is 9.37. The van der Waals surface area contributed by atoms with Crippen molar-refractivity contribution in [1.29, 1.82) is 5.26 Å². The lowest BCUT2D eigenvalue weighted by molar-refractivity contribution is 0.377. The summed E-state index contributed by atoms with van der Waals surface area (Å²) in [6.45, 7) is 1.90. The Morgan fingerprint density at radius 1 is 1.58 bits per heavy atom. The van der Waals surface area contributed by atoms with Crippen LogP contribution in [0.2, 0.25) is 0 Å². The number of ether oxygens (including phenoxy) is 1. The summed E-state index contributed by atoms with van der Waals surface area (Å²) in [4.78, 5) is 0. The number of allylic oxidation sites excluding steroid dienone is 1. The molecule has 3 N–H and O–H groups in total. The Bertz CT molecular complexity index is 716. The number of nitrogens with zero attached hydrogens (tertiary/aromatic N) is 3. The van der Waals surface area contributed by atoms with Gasteiger partial charge in [0.25, 0.3) is 0 Å². The standard InChI is InChI=1S/C13H13N5O/c1-7-10-11(9-4-3-5-18(9)2)8(6-14)12(15)19-13(10)17-16-7/h3-5,11H,15H2,1-2H3,(H,16,17)/t11-/m0/s1. The van der Waals surface area contributed by atoms with Gasteiger partial charge in [0.1, 0.15) is 11.6 Å². The van der Waals surface area contributed by atoms with Crippen molar-refractivity contribution in [3.63, 3.8) is 0 Å². The summed E-state index contributed by atoms with van der Waals surface area (Å²) in [7, 11) is 1.94. The van der Waals surface area contributed by atoms with Gasteiger partial charge in [0, 0.05) is 24.6 Å². The molecular weight excluding hydrogens is 242 g/mol. The first-order valence-electron chi connectivity index (χ1n) is 5.87. The van der Waals surface area contributed by atoms with Gasteiger partial charge in [-0.25, -0.2) is 0 Å². The maximum Gasteiger partial charge on any atom is 0.244 e. The Morgan fingerprint density at radius 2 is 2.37 bits per heavy atom. The molecule has 6 heteroatoms. The van der Waals surface area contributed by atoms with Crippen molar-refractivity contribution in [1.82, 2.24) is 14.8 Å². The number of rotatable bonds is 1. The second kappa shape index (κ2) is 3.92. The van der Waals surface area contributed by atoms with E-state index >= 15 is 0 Å². The Hall–Kier alpha value is -2.68. The number of nitrogens with one attached hydrogen (secondary N) is 1. The van der Waals surface area contributed by atoms with Gasteiger partial charge in [0.05, 0.1) is 11.5 Å². The van der Waals surface area contributed by atoms with Crippen LogP contribution in [0.5, 0.6) is 5.88 Å². The van der Waals surface area contributed by atoms with Crippen LogP contribution in [0.15, 0.2) is 29.8 Å². The highest BCUT2D eigenvalue weighted by molar-refractivity contribution is 5.53. The molecule has 0 bridgehead atoms. The lowest BCUT2D eigenvalue weighted by Crippen LogP contribution is -2.22. The van der Waals surface area contributed by atoms with E-state index in [1.54, 1.807) is 0 Å². The smallest absolute Gasteiger partial charge is 0.244 e. The summed E-state index contributed by atoms with van der Waals surface area (Å²) in [6, 6.07) is 6.06. The number of H-pyrrole nitrogens is 1. The zero-order valence-electron chi connectivity index (χ0n) is 10.6. The Morgan fingerprint density at radius 3 is 3.00 bits per heavy atom. The zero-order valence-corrected chi connectivity index (χ0v) is 10.6. The molecule has 0 spiro atoms. The third kappa shape index (κ3) is 1.52. The number of aromatic amines is 1. The molecule has 3 heterocycles. The molecule has 0 amide bonds. The second-order valence-electron chi connectivity index (χ2n) is 4.54. The highest BCUT2D eigenvalue weighted by Gasteiger charge is 2.35. The largest absolute Gasteiger partial charge is 0.420 e. The van der Waals surface area contributed by atoms with Crippen LogP contribution < -0.4 is 10.5 Å². The Labute approximate surface area is 110 Å². The molecule has 1 aliphatic rings. The van der Waals surface area contributed by atoms with Gasteiger partial charge in [-0.1, -0.05) is 0 Å². The average Bonchev–Trinajstić information content (AvgIpc) is 2.95. The van der Waals surface area contributed by atoms with Crippen LogP contribution in [0, 0.1) is 18.3 Å². The molecule has 0 radical (unpaired) electrons. The van der Waals surface area contributed by atoms with Crippen LogP contribution in [0.25, 0.3) is 0 Å². The lowest BCUT2D eigenvalue weighted by Gasteiger charge is -2.23. The van der Waals surface area contributed by atoms with Gasteiger partial charge in [0.2, 0.25) is 11.8 Å². The number of nitrogens with two attached hydrogens (primary N) is 1. The molecule has 1 aliphatic heterocycles. The zero-order chi connectivity index (χ0) is 13.6. The van der Waals surface area contributed by atoms with Crippen LogP contribution in [-0.4, -0.2) is 14.8 Å². The van der Waals surface area contributed by atoms with Crippen molar-refractivity contribution in [3.05, 3.63) is 46.7 Å². The monoisotopic (exact) mass is 255 g/mol. The third-order valence-corrected chi connectivity index (χ3v) is 3.41. The molecule has 1 atom stereocenters. The summed E-state index contributed by atoms with van der Waals surface area (Å²) < 4.78 is 7.38. The molecule has 2 aromatic heterocycles. The number of nitriles is 1. The number of fused-ring (bicyclic) bond motifs is 1. The van der Waals surface area contributed by atoms with Crippen molar-refractivity contribution in [2.75, 3.05) is 0 Å². The summed E-state index contributed by atoms with van der Waals surface area (Å²) in [6.07, 6.45) is 1.94. The van der Waals surface area contributed by atoms with E-state index in [1.165, 1.54) is 0 Å². The SMILES string of the molecule is Cc1[nH]nc2c1[C@H](c1cccn1C)C(C#N)=C(N)O2. The van der Waals surface area contributed by atoms with Gasteiger partial charge in [0.15, 0.2) is 0 Å². The molecule has 19 heavy (non-hydrogen) atoms. The quantitative estimate of drug-likeness (QED) is 0.802. The van der Waals surface area contributed by atoms with E-state index in [9.17, 15) is 5.26 Å². The van der Waals surface area contributed by atoms with E-state index < -0.39 is 0 Å². The molecule has 0 aliphatic carbocycles. The summed E-state index contributed by atoms with van der Waals surface area (Å²) >= 11 is 0. The van der Waals surface area contributed by atoms with Crippen molar-refractivity contribution in [2.45, 2.75) is 12.8 Å². The number of aryl methyl sites for hydroxylation is 2. The summed E-state index contributed by atoms with van der Waals surface area (Å²) in [5, 5.41) is 16.3. The first-order chi connectivity index (χ1) is 9.13. The Kier molecular flexibility index (Phi) is 2.35. The molecule has 0 fully saturated rings. The lowest BCUT2D eigenvalue weighted by atomic mass is 9.87. The second-order valence-corrected chi connectivity index (χ2v) is 4.54. The summed E-state index contributed by atoms with van der Waals surface area (Å²) in [5.41, 5.74) is 8.97. The minimum Gasteiger partial charge on any atom is -0.420 e. The fraction of sp³-hybridized carbons (Fsp3) is 0.231. The van der Waals surface area contributed by atoms with Crippen LogP contribution >= 0.6 is 0 Å². The molecule has 6 nitrogen and oxygen atoms in total. The molecule has 0 saturated heterocycles. The molecule has 0 saturated carbocycles. The Balaban J connectivity index is 2.28. The van der Waals surface area contributed by atoms with E-state index in [1.807, 2.05) is 36.9 Å². The molecule has 0 aromatic carbocycles. The van der Waals surface area contributed by atoms with E-state index in [4.69, 9.17) is 10.5 Å². The van der Waals surface area contributed by atoms with Gasteiger partial charge >= 0.3 is 0 Å². The van der Waals surface area contributed by atoms with Crippen molar-refractivity contribution in [2.24, 2.45) is 12.8 Å². The normalized spacial score (nSPS) is 17.8. The van der Waals surface area contributed by atoms with Crippen molar-refractivity contribution < 1.29 is 4.74 Å². The highest BCUT2D eigenvalue weighted by atomic mass is 16.5. The summed E-state index contributed by atoms with van der Waals surface area (Å²) in [5.74, 6) is 0.320. The highest BCUT2D eigenvalue weighted by Crippen LogP contribution is 2.42. The van der Waals surface area contributed by atoms with E-state index in [0.29, 0.717) is 11.5 Å². The van der Waals surface area contributed by atoms with Crippen molar-refractivity contribution >= 4 is 0 Å². The van der Waals surface area contributed by atoms with E-state index in [-0.39, 0.29) is 11.8 Å². The average molecular weight is 255 g/mol. The van der Waals surface area contributed by atoms with Crippen molar-refractivity contribution in [3.8, 4) is 11.9 Å². The number of aromatic nitrogens is 3. The van der Waals surface area contributed by atoms with Gasteiger partial charge in [-0.3, -0.25) is 5.10 Å². The minimum atomic E-state index is -0.243. The fourth-order valence-corrected chi connectivity index (χ4v) is 2.47. The first kappa shape index (κ1) is 11.4. The van der Waals surface area contributed by atoms with Crippen LogP contribution in [0.1, 0.15) is 22.9 Å². The molecule has 0 unspecified atom stereocenters. The fourth-order valence-electron chi connectivity index (χ4n) is 2.47. The molecule has 96 valence electrons. The molecular formula is C13H13N5O. The predicted octanol–water partition coefficient (Wildman–Crippen LogP) is 1.27. The van der Waals surface area contributed by atoms with Crippen LogP contribution in [0.4, 0.5) is 0 Å². The maximum atomic E-state index is 9.37. The van der Waals surface area contributed by atoms with Gasteiger partial charge in [-0.05, 0) is 19.1 Å². The molecule has 2 aromatic rings. The minimum absolute atomic E-state index is 0.118. The van der Waals surface area contributed by atoms with Crippen LogP contribution in [-0.2, 0) is 7.05 Å². The van der Waals surface area contributed by atoms with Gasteiger partial charge in [-0.2, -0.15) is 5.26 Å². The number of hydrogen-bond acceptors (Lipinski definition) is 4. The first-order valence-corrected chi connectivity index (χ1v) is 5.87. The van der Waals surface area contributed by atoms with Gasteiger partial charge < -0.3 is 15.0 Å². The van der Waals surface area contributed by atoms with E-state index in [0.717, 1.165) is 17.0 Å². The third-order valence-electron chi connectivity index (χ3n) is 3.41. The molecule has 3 rings (SSSR count). The number of hydrogen-bond donors (Lipinski definition) is 2. The van der Waals surface area contributed by atoms with E-state index in [2.05, 4.69) is 16.3 Å². The van der Waals surface area contributed by atoms with Gasteiger partial charge in [-0.15, -0.1) is 5.10 Å². The van der Waals surface area contributed by atoms with Crippen LogP contribution in [0.3, 0.4) is 0 Å². The predicted molar refractivity (Wildman–Crippen MR) is 68.0 cm³/mol. The topological polar surface area (TPSA) is 92.7 Å².